The lowest BCUT2D eigenvalue weighted by Crippen LogP contribution is -2.31. The second-order valence-corrected chi connectivity index (χ2v) is 10.6. The van der Waals surface area contributed by atoms with E-state index in [9.17, 15) is 16.8 Å². The average Bonchev–Trinajstić information content (AvgIpc) is 2.56. The van der Waals surface area contributed by atoms with Crippen LogP contribution in [0.4, 0.5) is 0 Å². The number of benzene rings is 2. The van der Waals surface area contributed by atoms with E-state index in [1.807, 2.05) is 6.92 Å². The van der Waals surface area contributed by atoms with Crippen molar-refractivity contribution in [3.05, 3.63) is 58.1 Å². The lowest BCUT2D eigenvalue weighted by atomic mass is 10.2. The Bertz CT molecular complexity index is 988. The molecule has 0 N–H and O–H groups in total. The van der Waals surface area contributed by atoms with Gasteiger partial charge in [-0.15, -0.1) is 0 Å². The molecule has 0 saturated carbocycles. The van der Waals surface area contributed by atoms with Crippen molar-refractivity contribution in [2.24, 2.45) is 0 Å². The summed E-state index contributed by atoms with van der Waals surface area (Å²) in [5.41, 5.74) is 0.689. The summed E-state index contributed by atoms with van der Waals surface area (Å²) in [6, 6.07) is 10.4. The van der Waals surface area contributed by atoms with Crippen molar-refractivity contribution in [3.63, 3.8) is 0 Å². The molecule has 2 aromatic rings. The summed E-state index contributed by atoms with van der Waals surface area (Å²) in [7, 11) is -7.06. The van der Waals surface area contributed by atoms with E-state index in [4.69, 9.17) is 23.2 Å². The summed E-state index contributed by atoms with van der Waals surface area (Å²) >= 11 is 11.8. The highest BCUT2D eigenvalue weighted by molar-refractivity contribution is 7.90. The van der Waals surface area contributed by atoms with Gasteiger partial charge >= 0.3 is 0 Å². The molecule has 5 nitrogen and oxygen atoms in total. The quantitative estimate of drug-likeness (QED) is 0.658. The monoisotopic (exact) mass is 435 g/mol. The Morgan fingerprint density at radius 1 is 0.885 bits per heavy atom. The normalized spacial score (nSPS) is 12.5. The van der Waals surface area contributed by atoms with Gasteiger partial charge in [0.15, 0.2) is 9.84 Å². The summed E-state index contributed by atoms with van der Waals surface area (Å²) in [5, 5.41) is 0.450. The van der Waals surface area contributed by atoms with E-state index < -0.39 is 19.9 Å². The number of nitrogens with zero attached hydrogens (tertiary/aromatic N) is 1. The zero-order chi connectivity index (χ0) is 19.5. The van der Waals surface area contributed by atoms with Crippen LogP contribution in [0.15, 0.2) is 52.3 Å². The van der Waals surface area contributed by atoms with Crippen molar-refractivity contribution in [1.29, 1.82) is 0 Å². The lowest BCUT2D eigenvalue weighted by Gasteiger charge is -2.22. The van der Waals surface area contributed by atoms with Gasteiger partial charge in [-0.1, -0.05) is 42.3 Å². The van der Waals surface area contributed by atoms with E-state index in [0.29, 0.717) is 18.5 Å². The first-order valence-corrected chi connectivity index (χ1v) is 11.9. The molecule has 0 bridgehead atoms. The third-order valence-electron chi connectivity index (χ3n) is 3.71. The summed E-state index contributed by atoms with van der Waals surface area (Å²) in [6.45, 7) is 2.32. The van der Waals surface area contributed by atoms with Crippen LogP contribution in [0.25, 0.3) is 0 Å². The van der Waals surface area contributed by atoms with Crippen molar-refractivity contribution in [2.45, 2.75) is 29.7 Å². The molecule has 0 aliphatic heterocycles. The molecule has 0 spiro atoms. The van der Waals surface area contributed by atoms with Crippen LogP contribution in [0.5, 0.6) is 0 Å². The molecule has 0 unspecified atom stereocenters. The molecule has 0 heterocycles. The fourth-order valence-corrected chi connectivity index (χ4v) is 4.91. The number of hydrogen-bond acceptors (Lipinski definition) is 4. The van der Waals surface area contributed by atoms with Crippen LogP contribution in [0.2, 0.25) is 10.0 Å². The number of halogens is 2. The second-order valence-electron chi connectivity index (χ2n) is 5.83. The van der Waals surface area contributed by atoms with Gasteiger partial charge in [0.25, 0.3) is 0 Å². The van der Waals surface area contributed by atoms with E-state index in [1.54, 1.807) is 12.1 Å². The maximum Gasteiger partial charge on any atom is 0.243 e. The van der Waals surface area contributed by atoms with Gasteiger partial charge in [0, 0.05) is 19.3 Å². The molecular weight excluding hydrogens is 417 g/mol. The molecule has 0 aromatic heterocycles. The fraction of sp³-hybridized carbons (Fsp3) is 0.294. The lowest BCUT2D eigenvalue weighted by molar-refractivity contribution is 0.405. The van der Waals surface area contributed by atoms with Gasteiger partial charge in [-0.05, 0) is 42.3 Å². The van der Waals surface area contributed by atoms with Crippen LogP contribution in [0.3, 0.4) is 0 Å². The van der Waals surface area contributed by atoms with Crippen LogP contribution in [-0.2, 0) is 26.4 Å². The highest BCUT2D eigenvalue weighted by Gasteiger charge is 2.25. The summed E-state index contributed by atoms with van der Waals surface area (Å²) in [5.74, 6) is 0. The Morgan fingerprint density at radius 3 is 1.96 bits per heavy atom. The molecule has 0 saturated heterocycles. The minimum atomic E-state index is -3.77. The highest BCUT2D eigenvalue weighted by atomic mass is 35.5. The highest BCUT2D eigenvalue weighted by Crippen LogP contribution is 2.27. The van der Waals surface area contributed by atoms with Crippen molar-refractivity contribution in [1.82, 2.24) is 4.31 Å². The Labute approximate surface area is 164 Å². The van der Waals surface area contributed by atoms with Crippen molar-refractivity contribution in [3.8, 4) is 0 Å². The average molecular weight is 436 g/mol. The molecule has 0 radical (unpaired) electrons. The maximum atomic E-state index is 12.9. The first kappa shape index (κ1) is 21.2. The van der Waals surface area contributed by atoms with Crippen LogP contribution in [0, 0.1) is 0 Å². The molecule has 2 aromatic carbocycles. The zero-order valence-electron chi connectivity index (χ0n) is 14.3. The third kappa shape index (κ3) is 4.98. The van der Waals surface area contributed by atoms with Crippen LogP contribution >= 0.6 is 23.2 Å². The minimum absolute atomic E-state index is 0.0631. The molecule has 0 aliphatic rings. The van der Waals surface area contributed by atoms with Gasteiger partial charge in [0.05, 0.1) is 19.8 Å². The van der Waals surface area contributed by atoms with E-state index in [2.05, 4.69) is 0 Å². The number of sulfonamides is 1. The molecule has 9 heteroatoms. The summed E-state index contributed by atoms with van der Waals surface area (Å²) < 4.78 is 50.3. The van der Waals surface area contributed by atoms with Crippen molar-refractivity contribution >= 4 is 43.1 Å². The smallest absolute Gasteiger partial charge is 0.224 e. The van der Waals surface area contributed by atoms with E-state index in [0.717, 1.165) is 6.26 Å². The van der Waals surface area contributed by atoms with Crippen LogP contribution < -0.4 is 0 Å². The van der Waals surface area contributed by atoms with Gasteiger partial charge in [0.1, 0.15) is 0 Å². The first-order valence-electron chi connectivity index (χ1n) is 7.80. The number of rotatable bonds is 7. The molecule has 0 fully saturated rings. The van der Waals surface area contributed by atoms with Crippen LogP contribution in [-0.4, -0.2) is 33.9 Å². The van der Waals surface area contributed by atoms with E-state index in [-0.39, 0.29) is 26.4 Å². The third-order valence-corrected chi connectivity index (χ3v) is 7.42. The van der Waals surface area contributed by atoms with Gasteiger partial charge in [0.2, 0.25) is 10.0 Å². The maximum absolute atomic E-state index is 12.9. The molecule has 2 rings (SSSR count). The Kier molecular flexibility index (Phi) is 6.74. The molecular formula is C17H19Cl2NO4S2. The standard InChI is InChI=1S/C17H19Cl2NO4S2/c1-3-10-20(12-13-4-6-14(7-5-13)25(2,21)22)26(23,24)15-8-9-16(18)17(19)11-15/h4-9,11H,3,10,12H2,1-2H3. The number of hydrogen-bond donors (Lipinski definition) is 0. The van der Waals surface area contributed by atoms with Crippen molar-refractivity contribution < 1.29 is 16.8 Å². The molecule has 26 heavy (non-hydrogen) atoms. The molecule has 0 aliphatic carbocycles. The SMILES string of the molecule is CCCN(Cc1ccc(S(C)(=O)=O)cc1)S(=O)(=O)c1ccc(Cl)c(Cl)c1. The van der Waals surface area contributed by atoms with Crippen LogP contribution in [0.1, 0.15) is 18.9 Å². The van der Waals surface area contributed by atoms with Gasteiger partial charge < -0.3 is 0 Å². The largest absolute Gasteiger partial charge is 0.243 e. The number of sulfone groups is 1. The van der Waals surface area contributed by atoms with Gasteiger partial charge in [-0.2, -0.15) is 4.31 Å². The second kappa shape index (κ2) is 8.27. The molecule has 0 amide bonds. The van der Waals surface area contributed by atoms with E-state index >= 15 is 0 Å². The predicted molar refractivity (Wildman–Crippen MR) is 104 cm³/mol. The predicted octanol–water partition coefficient (Wildman–Crippen LogP) is 4.00. The first-order chi connectivity index (χ1) is 12.1. The summed E-state index contributed by atoms with van der Waals surface area (Å²) in [4.78, 5) is 0.253. The minimum Gasteiger partial charge on any atom is -0.224 e. The van der Waals surface area contributed by atoms with Gasteiger partial charge in [-0.3, -0.25) is 0 Å². The Balaban J connectivity index is 2.34. The fourth-order valence-electron chi connectivity index (χ4n) is 2.37. The van der Waals surface area contributed by atoms with Gasteiger partial charge in [-0.25, -0.2) is 16.8 Å². The Morgan fingerprint density at radius 2 is 1.46 bits per heavy atom. The Hall–Kier alpha value is -1.12. The molecule has 0 atom stereocenters. The summed E-state index contributed by atoms with van der Waals surface area (Å²) in [6.07, 6.45) is 1.75. The van der Waals surface area contributed by atoms with E-state index in [1.165, 1.54) is 34.6 Å². The molecule has 142 valence electrons. The topological polar surface area (TPSA) is 71.5 Å². The van der Waals surface area contributed by atoms with Crippen molar-refractivity contribution in [2.75, 3.05) is 12.8 Å². The zero-order valence-corrected chi connectivity index (χ0v) is 17.5.